The summed E-state index contributed by atoms with van der Waals surface area (Å²) in [6, 6.07) is 0. The van der Waals surface area contributed by atoms with Gasteiger partial charge in [-0.05, 0) is 26.3 Å². The van der Waals surface area contributed by atoms with Crippen molar-refractivity contribution in [2.24, 2.45) is 0 Å². The largest absolute Gasteiger partial charge is 0.295 e. The highest BCUT2D eigenvalue weighted by Gasteiger charge is 1.85. The van der Waals surface area contributed by atoms with Gasteiger partial charge in [0.25, 0.3) is 0 Å². The molecule has 0 atom stereocenters. The molecule has 0 radical (unpaired) electrons. The summed E-state index contributed by atoms with van der Waals surface area (Å²) in [6.45, 7) is 15.5. The lowest BCUT2D eigenvalue weighted by Gasteiger charge is -1.80. The average Bonchev–Trinajstić information content (AvgIpc) is 1.89. The fourth-order valence-electron chi connectivity index (χ4n) is 0. The van der Waals surface area contributed by atoms with Crippen molar-refractivity contribution in [1.29, 1.82) is 0 Å². The van der Waals surface area contributed by atoms with Gasteiger partial charge >= 0.3 is 0 Å². The van der Waals surface area contributed by atoms with Crippen molar-refractivity contribution in [1.82, 2.24) is 0 Å². The summed E-state index contributed by atoms with van der Waals surface area (Å²) in [7, 11) is 0. The fraction of sp³-hybridized carbons (Fsp3) is 0.417. The van der Waals surface area contributed by atoms with E-state index in [2.05, 4.69) is 19.7 Å². The van der Waals surface area contributed by atoms with E-state index >= 15 is 0 Å². The molecule has 0 saturated heterocycles. The van der Waals surface area contributed by atoms with E-state index in [1.165, 1.54) is 6.92 Å². The Bertz CT molecular complexity index is 164. The predicted molar refractivity (Wildman–Crippen MR) is 64.0 cm³/mol. The van der Waals surface area contributed by atoms with E-state index in [1.54, 1.807) is 13.0 Å². The van der Waals surface area contributed by atoms with E-state index in [0.29, 0.717) is 5.57 Å². The normalized spacial score (nSPS) is 6.08. The molecule has 1 heteroatoms. The molecule has 0 aliphatic carbocycles. The van der Waals surface area contributed by atoms with Gasteiger partial charge in [-0.1, -0.05) is 46.2 Å². The average molecular weight is 184 g/mol. The monoisotopic (exact) mass is 184 g/mol. The maximum Gasteiger partial charge on any atom is 0.154 e. The minimum absolute atomic E-state index is 0. The quantitative estimate of drug-likeness (QED) is 0.465. The molecule has 0 bridgehead atoms. The van der Waals surface area contributed by atoms with Crippen LogP contribution in [0.5, 0.6) is 0 Å². The Morgan fingerprint density at radius 3 is 1.23 bits per heavy atom. The summed E-state index contributed by atoms with van der Waals surface area (Å²) in [4.78, 5) is 10.0. The summed E-state index contributed by atoms with van der Waals surface area (Å²) in [6.07, 6.45) is 1.72. The van der Waals surface area contributed by atoms with Gasteiger partial charge in [0.2, 0.25) is 0 Å². The van der Waals surface area contributed by atoms with Crippen molar-refractivity contribution < 1.29 is 4.79 Å². The number of hydrogen-bond donors (Lipinski definition) is 0. The summed E-state index contributed by atoms with van der Waals surface area (Å²) < 4.78 is 0. The van der Waals surface area contributed by atoms with Crippen LogP contribution in [0, 0.1) is 0 Å². The molecule has 0 aromatic rings. The summed E-state index contributed by atoms with van der Waals surface area (Å²) in [5.74, 6) is 0.0648. The van der Waals surface area contributed by atoms with Crippen molar-refractivity contribution in [3.8, 4) is 0 Å². The van der Waals surface area contributed by atoms with Crippen LogP contribution in [0.3, 0.4) is 0 Å². The first-order valence-corrected chi connectivity index (χ1v) is 3.36. The summed E-state index contributed by atoms with van der Waals surface area (Å²) in [5, 5.41) is 0. The molecule has 0 aliphatic rings. The number of ketones is 1. The van der Waals surface area contributed by atoms with E-state index < -0.39 is 0 Å². The van der Waals surface area contributed by atoms with Gasteiger partial charge in [-0.2, -0.15) is 0 Å². The van der Waals surface area contributed by atoms with E-state index in [9.17, 15) is 4.79 Å². The number of allylic oxidation sites excluding steroid dienone is 3. The van der Waals surface area contributed by atoms with Crippen LogP contribution < -0.4 is 0 Å². The van der Waals surface area contributed by atoms with Crippen LogP contribution in [-0.4, -0.2) is 5.78 Å². The number of Topliss-reactive ketones (excluding diaryl/α,β-unsaturated/α-hetero) is 1. The second-order valence-electron chi connectivity index (χ2n) is 2.39. The highest BCUT2D eigenvalue weighted by atomic mass is 16.1. The van der Waals surface area contributed by atoms with Crippen LogP contribution in [0.15, 0.2) is 37.0 Å². The van der Waals surface area contributed by atoms with Gasteiger partial charge in [0, 0.05) is 0 Å². The first-order chi connectivity index (χ1) is 4.91. The number of rotatable bonds is 2. The number of hydrogen-bond acceptors (Lipinski definition) is 1. The summed E-state index contributed by atoms with van der Waals surface area (Å²) >= 11 is 0. The third-order valence-corrected chi connectivity index (χ3v) is 0.949. The maximum atomic E-state index is 10.0. The van der Waals surface area contributed by atoms with Crippen LogP contribution in [0.4, 0.5) is 0 Å². The van der Waals surface area contributed by atoms with Gasteiger partial charge in [-0.15, -0.1) is 0 Å². The van der Waals surface area contributed by atoms with Crippen LogP contribution in [0.25, 0.3) is 0 Å². The van der Waals surface area contributed by atoms with Crippen LogP contribution in [0.2, 0.25) is 0 Å². The Morgan fingerprint density at radius 2 is 1.23 bits per heavy atom. The highest BCUT2D eigenvalue weighted by Crippen LogP contribution is 1.84. The van der Waals surface area contributed by atoms with Gasteiger partial charge in [-0.25, -0.2) is 0 Å². The lowest BCUT2D eigenvalue weighted by molar-refractivity contribution is -0.113. The summed E-state index contributed by atoms with van der Waals surface area (Å²) in [5.41, 5.74) is 1.64. The lowest BCUT2D eigenvalue weighted by Crippen LogP contribution is -1.86. The molecule has 0 aromatic heterocycles. The Hall–Kier alpha value is -1.11. The minimum atomic E-state index is 0. The molecule has 0 rings (SSSR count). The molecule has 13 heavy (non-hydrogen) atoms. The molecule has 0 aliphatic heterocycles. The fourth-order valence-corrected chi connectivity index (χ4v) is 0. The molecule has 0 N–H and O–H groups in total. The van der Waals surface area contributed by atoms with Crippen molar-refractivity contribution in [2.75, 3.05) is 0 Å². The van der Waals surface area contributed by atoms with E-state index in [0.717, 1.165) is 5.57 Å². The molecule has 0 unspecified atom stereocenters. The van der Waals surface area contributed by atoms with Gasteiger partial charge < -0.3 is 0 Å². The SMILES string of the molecule is C.C.C=C(C)C(C)=O.C=CC(=C)C. The zero-order valence-corrected chi connectivity index (χ0v) is 7.61. The third kappa shape index (κ3) is 36.0. The topological polar surface area (TPSA) is 17.1 Å². The molecule has 0 amide bonds. The molecule has 0 spiro atoms. The Balaban J connectivity index is -0.0000000546. The third-order valence-electron chi connectivity index (χ3n) is 0.949. The van der Waals surface area contributed by atoms with Crippen LogP contribution in [-0.2, 0) is 4.79 Å². The van der Waals surface area contributed by atoms with Gasteiger partial charge in [0.1, 0.15) is 0 Å². The molecule has 0 saturated carbocycles. The number of carbonyl (C=O) groups is 1. The van der Waals surface area contributed by atoms with E-state index in [4.69, 9.17) is 0 Å². The van der Waals surface area contributed by atoms with Crippen LogP contribution >= 0.6 is 0 Å². The zero-order valence-electron chi connectivity index (χ0n) is 7.61. The smallest absolute Gasteiger partial charge is 0.154 e. The Labute approximate surface area is 83.9 Å². The van der Waals surface area contributed by atoms with Gasteiger partial charge in [0.05, 0.1) is 0 Å². The van der Waals surface area contributed by atoms with Crippen molar-refractivity contribution >= 4 is 5.78 Å². The highest BCUT2D eigenvalue weighted by molar-refractivity contribution is 5.91. The molecular weight excluding hydrogens is 160 g/mol. The van der Waals surface area contributed by atoms with E-state index in [1.807, 2.05) is 6.92 Å². The molecule has 0 aromatic carbocycles. The molecular formula is C12H24O. The van der Waals surface area contributed by atoms with Crippen LogP contribution in [0.1, 0.15) is 35.6 Å². The minimum Gasteiger partial charge on any atom is -0.295 e. The second-order valence-corrected chi connectivity index (χ2v) is 2.39. The molecule has 0 fully saturated rings. The first-order valence-electron chi connectivity index (χ1n) is 3.36. The molecule has 1 nitrogen and oxygen atoms in total. The van der Waals surface area contributed by atoms with Gasteiger partial charge in [-0.3, -0.25) is 4.79 Å². The maximum absolute atomic E-state index is 10.0. The first kappa shape index (κ1) is 22.7. The van der Waals surface area contributed by atoms with Gasteiger partial charge in [0.15, 0.2) is 5.78 Å². The van der Waals surface area contributed by atoms with Crippen molar-refractivity contribution in [2.45, 2.75) is 35.6 Å². The van der Waals surface area contributed by atoms with Crippen molar-refractivity contribution in [3.63, 3.8) is 0 Å². The second kappa shape index (κ2) is 13.5. The molecule has 78 valence electrons. The predicted octanol–water partition coefficient (Wildman–Crippen LogP) is 4.17. The van der Waals surface area contributed by atoms with E-state index in [-0.39, 0.29) is 20.6 Å². The number of carbonyl (C=O) groups excluding carboxylic acids is 1. The Kier molecular flexibility index (Phi) is 23.5. The standard InChI is InChI=1S/C5H8O.C5H8.2CH4/c1-4(2)5(3)6;1-4-5(2)3;;/h1H2,2-3H3;4H,1-2H2,3H3;2*1H4. The zero-order chi connectivity index (χ0) is 9.44. The molecule has 0 heterocycles. The lowest BCUT2D eigenvalue weighted by atomic mass is 10.3. The van der Waals surface area contributed by atoms with Crippen molar-refractivity contribution in [3.05, 3.63) is 37.0 Å². The Morgan fingerprint density at radius 1 is 1.08 bits per heavy atom.